The minimum Gasteiger partial charge on any atom is -0.309 e. The molecule has 2 aromatic heterocycles. The van der Waals surface area contributed by atoms with Gasteiger partial charge in [0, 0.05) is 54.0 Å². The third-order valence-corrected chi connectivity index (χ3v) is 12.7. The first kappa shape index (κ1) is 33.6. The van der Waals surface area contributed by atoms with Gasteiger partial charge in [0.05, 0.1) is 33.6 Å². The number of anilines is 3. The molecule has 0 bridgehead atoms. The molecule has 276 valence electrons. The van der Waals surface area contributed by atoms with E-state index >= 15 is 0 Å². The molecule has 0 amide bonds. The molecule has 3 heterocycles. The summed E-state index contributed by atoms with van der Waals surface area (Å²) in [6, 6.07) is 73.9. The van der Waals surface area contributed by atoms with Crippen LogP contribution in [0.15, 0.2) is 216 Å². The number of para-hydroxylation sites is 4. The molecule has 59 heavy (non-hydrogen) atoms. The van der Waals surface area contributed by atoms with Crippen molar-refractivity contribution in [2.75, 3.05) is 4.90 Å². The van der Waals surface area contributed by atoms with Crippen LogP contribution in [-0.2, 0) is 0 Å². The number of hydrogen-bond donors (Lipinski definition) is 0. The largest absolute Gasteiger partial charge is 0.309 e. The van der Waals surface area contributed by atoms with E-state index in [4.69, 9.17) is 9.97 Å². The minimum absolute atomic E-state index is 0.708. The van der Waals surface area contributed by atoms with Gasteiger partial charge in [0.15, 0.2) is 5.82 Å². The number of fused-ring (bicyclic) bond motifs is 8. The summed E-state index contributed by atoms with van der Waals surface area (Å²) < 4.78 is 2.45. The van der Waals surface area contributed by atoms with E-state index in [1.807, 2.05) is 23.9 Å². The zero-order chi connectivity index (χ0) is 38.9. The van der Waals surface area contributed by atoms with Crippen LogP contribution in [0.2, 0.25) is 0 Å². The maximum atomic E-state index is 5.18. The van der Waals surface area contributed by atoms with Crippen molar-refractivity contribution in [3.8, 4) is 39.5 Å². The highest BCUT2D eigenvalue weighted by Crippen LogP contribution is 2.53. The molecular weight excluding hydrogens is 737 g/mol. The van der Waals surface area contributed by atoms with Crippen molar-refractivity contribution in [2.45, 2.75) is 9.79 Å². The maximum absolute atomic E-state index is 5.18. The van der Waals surface area contributed by atoms with Gasteiger partial charge >= 0.3 is 0 Å². The second-order valence-corrected chi connectivity index (χ2v) is 16.1. The number of nitrogens with zero attached hydrogens (tertiary/aromatic N) is 4. The average Bonchev–Trinajstić information content (AvgIpc) is 3.66. The summed E-state index contributed by atoms with van der Waals surface area (Å²) in [6.45, 7) is 0. The fourth-order valence-electron chi connectivity index (χ4n) is 8.90. The monoisotopic (exact) mass is 770 g/mol. The summed E-state index contributed by atoms with van der Waals surface area (Å²) in [5.74, 6) is 0.708. The van der Waals surface area contributed by atoms with Gasteiger partial charge in [-0.3, -0.25) is 0 Å². The van der Waals surface area contributed by atoms with Crippen LogP contribution >= 0.6 is 11.8 Å². The third kappa shape index (κ3) is 5.47. The summed E-state index contributed by atoms with van der Waals surface area (Å²) in [5, 5.41) is 5.99. The Bertz CT molecular complexity index is 3410. The second kappa shape index (κ2) is 13.6. The van der Waals surface area contributed by atoms with E-state index in [1.165, 1.54) is 64.9 Å². The smallest absolute Gasteiger partial charge is 0.160 e. The van der Waals surface area contributed by atoms with E-state index in [1.54, 1.807) is 0 Å². The summed E-state index contributed by atoms with van der Waals surface area (Å²) in [6.07, 6.45) is 0. The van der Waals surface area contributed by atoms with Crippen molar-refractivity contribution in [1.29, 1.82) is 0 Å². The molecule has 0 saturated heterocycles. The normalized spacial score (nSPS) is 12.3. The number of aromatic nitrogens is 3. The maximum Gasteiger partial charge on any atom is 0.160 e. The zero-order valence-electron chi connectivity index (χ0n) is 31.8. The first-order valence-electron chi connectivity index (χ1n) is 19.9. The molecule has 1 aliphatic rings. The first-order valence-corrected chi connectivity index (χ1v) is 20.7. The highest BCUT2D eigenvalue weighted by atomic mass is 32.2. The highest BCUT2D eigenvalue weighted by Gasteiger charge is 2.26. The zero-order valence-corrected chi connectivity index (χ0v) is 32.6. The van der Waals surface area contributed by atoms with Crippen molar-refractivity contribution in [3.63, 3.8) is 0 Å². The lowest BCUT2D eigenvalue weighted by Crippen LogP contribution is -2.14. The van der Waals surface area contributed by atoms with E-state index in [2.05, 4.69) is 204 Å². The molecule has 5 heteroatoms. The Morgan fingerprint density at radius 3 is 1.98 bits per heavy atom. The van der Waals surface area contributed by atoms with E-state index in [-0.39, 0.29) is 0 Å². The molecule has 1 aliphatic heterocycles. The Hall–Kier alpha value is -7.47. The van der Waals surface area contributed by atoms with Gasteiger partial charge in [-0.05, 0) is 89.1 Å². The van der Waals surface area contributed by atoms with Gasteiger partial charge in [0.2, 0.25) is 0 Å². The SMILES string of the molecule is c1ccc(-c2nc(-c3ccc(-n4c5ccc6ccccc6c5c5cccc(-c6ccc7c(c6)N(c6ccccc6)c6ccccc6S7)c54)cc3)nc3ccccc23)cc1. The Kier molecular flexibility index (Phi) is 7.75. The lowest BCUT2D eigenvalue weighted by molar-refractivity contribution is 1.16. The van der Waals surface area contributed by atoms with Gasteiger partial charge in [-0.2, -0.15) is 0 Å². The van der Waals surface area contributed by atoms with E-state index in [0.29, 0.717) is 5.82 Å². The molecular formula is C54H34N4S. The third-order valence-electron chi connectivity index (χ3n) is 11.6. The average molecular weight is 771 g/mol. The van der Waals surface area contributed by atoms with Gasteiger partial charge in [-0.25, -0.2) is 9.97 Å². The van der Waals surface area contributed by atoms with Crippen molar-refractivity contribution >= 4 is 72.3 Å². The topological polar surface area (TPSA) is 34.0 Å². The quantitative estimate of drug-likeness (QED) is 0.175. The number of hydrogen-bond acceptors (Lipinski definition) is 4. The van der Waals surface area contributed by atoms with Crippen LogP contribution in [0.5, 0.6) is 0 Å². The molecule has 11 aromatic rings. The van der Waals surface area contributed by atoms with Crippen molar-refractivity contribution < 1.29 is 0 Å². The fraction of sp³-hybridized carbons (Fsp3) is 0. The summed E-state index contributed by atoms with van der Waals surface area (Å²) in [7, 11) is 0. The lowest BCUT2D eigenvalue weighted by Gasteiger charge is -2.33. The predicted octanol–water partition coefficient (Wildman–Crippen LogP) is 14.8. The van der Waals surface area contributed by atoms with Crippen LogP contribution in [0.3, 0.4) is 0 Å². The lowest BCUT2D eigenvalue weighted by atomic mass is 9.99. The molecule has 0 unspecified atom stereocenters. The molecule has 0 fully saturated rings. The number of rotatable bonds is 5. The number of benzene rings is 9. The van der Waals surface area contributed by atoms with Gasteiger partial charge in [-0.1, -0.05) is 145 Å². The van der Waals surface area contributed by atoms with Crippen LogP contribution in [0, 0.1) is 0 Å². The van der Waals surface area contributed by atoms with E-state index in [9.17, 15) is 0 Å². The molecule has 0 aliphatic carbocycles. The Morgan fingerprint density at radius 1 is 0.424 bits per heavy atom. The fourth-order valence-corrected chi connectivity index (χ4v) is 9.93. The van der Waals surface area contributed by atoms with Gasteiger partial charge in [0.25, 0.3) is 0 Å². The Balaban J connectivity index is 1.06. The van der Waals surface area contributed by atoms with E-state index in [0.717, 1.165) is 39.1 Å². The van der Waals surface area contributed by atoms with Gasteiger partial charge < -0.3 is 9.47 Å². The molecule has 0 spiro atoms. The van der Waals surface area contributed by atoms with Crippen LogP contribution < -0.4 is 4.90 Å². The van der Waals surface area contributed by atoms with Crippen LogP contribution in [-0.4, -0.2) is 14.5 Å². The van der Waals surface area contributed by atoms with Crippen molar-refractivity contribution in [3.05, 3.63) is 206 Å². The first-order chi connectivity index (χ1) is 29.3. The van der Waals surface area contributed by atoms with E-state index < -0.39 is 0 Å². The van der Waals surface area contributed by atoms with Crippen LogP contribution in [0.1, 0.15) is 0 Å². The van der Waals surface area contributed by atoms with Gasteiger partial charge in [0.1, 0.15) is 0 Å². The van der Waals surface area contributed by atoms with Crippen LogP contribution in [0.4, 0.5) is 17.1 Å². The molecule has 0 N–H and O–H groups in total. The Labute approximate surface area is 345 Å². The van der Waals surface area contributed by atoms with Crippen molar-refractivity contribution in [2.24, 2.45) is 0 Å². The summed E-state index contributed by atoms with van der Waals surface area (Å²) >= 11 is 1.84. The Morgan fingerprint density at radius 2 is 1.12 bits per heavy atom. The molecule has 9 aromatic carbocycles. The molecule has 0 saturated carbocycles. The molecule has 0 atom stereocenters. The second-order valence-electron chi connectivity index (χ2n) is 15.0. The standard InChI is InChI=1S/C54H34N4S/c1-3-15-36(16-4-1)52-43-20-9-10-23-45(43)55-54(56-52)37-26-30-40(31-27-37)58-47-32-28-35-14-7-8-19-41(35)51(47)44-22-13-21-42(53(44)58)38-29-33-50-48(34-38)57(39-17-5-2-6-18-39)46-24-11-12-25-49(46)59-50/h1-34H. The predicted molar refractivity (Wildman–Crippen MR) is 246 cm³/mol. The summed E-state index contributed by atoms with van der Waals surface area (Å²) in [4.78, 5) is 15.1. The van der Waals surface area contributed by atoms with Crippen LogP contribution in [0.25, 0.3) is 82.9 Å². The van der Waals surface area contributed by atoms with Crippen molar-refractivity contribution in [1.82, 2.24) is 14.5 Å². The molecule has 12 rings (SSSR count). The molecule has 0 radical (unpaired) electrons. The highest BCUT2D eigenvalue weighted by molar-refractivity contribution is 7.99. The minimum atomic E-state index is 0.708. The van der Waals surface area contributed by atoms with Gasteiger partial charge in [-0.15, -0.1) is 0 Å². The molecule has 4 nitrogen and oxygen atoms in total. The summed E-state index contributed by atoms with van der Waals surface area (Å²) in [5.41, 5.74) is 13.2.